The van der Waals surface area contributed by atoms with Crippen LogP contribution in [0, 0.1) is 13.8 Å². The summed E-state index contributed by atoms with van der Waals surface area (Å²) in [5.41, 5.74) is 1.57. The molecule has 4 nitrogen and oxygen atoms in total. The Morgan fingerprint density at radius 2 is 1.81 bits per heavy atom. The van der Waals surface area contributed by atoms with Gasteiger partial charge in [0.2, 0.25) is 0 Å². The highest BCUT2D eigenvalue weighted by molar-refractivity contribution is 7.90. The second-order valence-electron chi connectivity index (χ2n) is 4.71. The lowest BCUT2D eigenvalue weighted by Crippen LogP contribution is -2.31. The smallest absolute Gasteiger partial charge is 0.265 e. The molecule has 2 rings (SSSR count). The topological polar surface area (TPSA) is 63.2 Å². The van der Waals surface area contributed by atoms with Crippen LogP contribution in [-0.2, 0) is 10.0 Å². The van der Waals surface area contributed by atoms with Gasteiger partial charge in [-0.15, -0.1) is 0 Å². The highest BCUT2D eigenvalue weighted by Gasteiger charge is 2.20. The van der Waals surface area contributed by atoms with E-state index in [1.807, 2.05) is 6.07 Å². The van der Waals surface area contributed by atoms with E-state index in [-0.39, 0.29) is 10.5 Å². The van der Waals surface area contributed by atoms with Crippen molar-refractivity contribution >= 4 is 27.5 Å². The molecule has 0 fully saturated rings. The van der Waals surface area contributed by atoms with Crippen molar-refractivity contribution < 1.29 is 13.2 Å². The van der Waals surface area contributed by atoms with Gasteiger partial charge in [0.15, 0.2) is 0 Å². The van der Waals surface area contributed by atoms with Crippen LogP contribution in [0.2, 0.25) is 5.02 Å². The van der Waals surface area contributed by atoms with Gasteiger partial charge in [-0.3, -0.25) is 4.79 Å². The molecule has 2 aromatic rings. The number of amides is 1. The number of nitrogens with one attached hydrogen (secondary N) is 1. The maximum atomic E-state index is 12.3. The number of carbonyl (C=O) groups is 1. The number of hydrogen-bond donors (Lipinski definition) is 1. The van der Waals surface area contributed by atoms with Gasteiger partial charge < -0.3 is 0 Å². The van der Waals surface area contributed by atoms with Gasteiger partial charge in [-0.2, -0.15) is 0 Å². The van der Waals surface area contributed by atoms with E-state index in [0.717, 1.165) is 5.56 Å². The van der Waals surface area contributed by atoms with Crippen LogP contribution in [0.4, 0.5) is 0 Å². The Hall–Kier alpha value is -1.85. The fraction of sp³-hybridized carbons (Fsp3) is 0.133. The molecule has 0 spiro atoms. The Labute approximate surface area is 128 Å². The molecule has 21 heavy (non-hydrogen) atoms. The second kappa shape index (κ2) is 5.87. The molecule has 1 amide bonds. The van der Waals surface area contributed by atoms with E-state index in [0.29, 0.717) is 10.6 Å². The first-order chi connectivity index (χ1) is 9.79. The zero-order valence-corrected chi connectivity index (χ0v) is 13.1. The van der Waals surface area contributed by atoms with Crippen molar-refractivity contribution in [2.24, 2.45) is 0 Å². The van der Waals surface area contributed by atoms with Gasteiger partial charge >= 0.3 is 0 Å². The lowest BCUT2D eigenvalue weighted by molar-refractivity contribution is 0.0981. The number of halogens is 1. The first-order valence-electron chi connectivity index (χ1n) is 6.19. The highest BCUT2D eigenvalue weighted by atomic mass is 35.5. The fourth-order valence-electron chi connectivity index (χ4n) is 1.86. The zero-order valence-electron chi connectivity index (χ0n) is 11.6. The molecule has 0 saturated heterocycles. The Morgan fingerprint density at radius 3 is 2.48 bits per heavy atom. The molecule has 0 saturated carbocycles. The molecule has 0 heterocycles. The SMILES string of the molecule is Cc1ccc(C)c(S(=O)(=O)NC(=O)c2cccc(Cl)c2)c1. The summed E-state index contributed by atoms with van der Waals surface area (Å²) in [7, 11) is -3.92. The van der Waals surface area contributed by atoms with Crippen LogP contribution >= 0.6 is 11.6 Å². The van der Waals surface area contributed by atoms with Crippen LogP contribution in [0.1, 0.15) is 21.5 Å². The monoisotopic (exact) mass is 323 g/mol. The molecule has 0 aliphatic carbocycles. The number of carbonyl (C=O) groups excluding carboxylic acids is 1. The van der Waals surface area contributed by atoms with Crippen molar-refractivity contribution in [3.63, 3.8) is 0 Å². The van der Waals surface area contributed by atoms with E-state index in [1.54, 1.807) is 32.0 Å². The number of benzene rings is 2. The molecule has 0 unspecified atom stereocenters. The van der Waals surface area contributed by atoms with Crippen molar-refractivity contribution in [2.75, 3.05) is 0 Å². The molecule has 0 atom stereocenters. The van der Waals surface area contributed by atoms with Crippen LogP contribution in [-0.4, -0.2) is 14.3 Å². The molecular formula is C15H14ClNO3S. The van der Waals surface area contributed by atoms with Crippen molar-refractivity contribution in [3.05, 3.63) is 64.2 Å². The summed E-state index contributed by atoms with van der Waals surface area (Å²) >= 11 is 5.79. The highest BCUT2D eigenvalue weighted by Crippen LogP contribution is 2.17. The third kappa shape index (κ3) is 3.62. The van der Waals surface area contributed by atoms with E-state index < -0.39 is 15.9 Å². The molecule has 1 N–H and O–H groups in total. The number of aryl methyl sites for hydroxylation is 2. The van der Waals surface area contributed by atoms with Gasteiger partial charge in [-0.05, 0) is 49.2 Å². The predicted octanol–water partition coefficient (Wildman–Crippen LogP) is 3.08. The van der Waals surface area contributed by atoms with Crippen LogP contribution in [0.3, 0.4) is 0 Å². The quantitative estimate of drug-likeness (QED) is 0.944. The first kappa shape index (κ1) is 15.5. The molecule has 6 heteroatoms. The molecule has 0 radical (unpaired) electrons. The van der Waals surface area contributed by atoms with Crippen LogP contribution in [0.5, 0.6) is 0 Å². The molecule has 2 aromatic carbocycles. The number of rotatable bonds is 3. The molecule has 0 aromatic heterocycles. The fourth-order valence-corrected chi connectivity index (χ4v) is 3.36. The van der Waals surface area contributed by atoms with Gasteiger partial charge in [-0.25, -0.2) is 13.1 Å². The van der Waals surface area contributed by atoms with E-state index in [9.17, 15) is 13.2 Å². The lowest BCUT2D eigenvalue weighted by Gasteiger charge is -2.10. The third-order valence-corrected chi connectivity index (χ3v) is 4.66. The average molecular weight is 324 g/mol. The second-order valence-corrected chi connectivity index (χ2v) is 6.80. The zero-order chi connectivity index (χ0) is 15.6. The van der Waals surface area contributed by atoms with Crippen LogP contribution < -0.4 is 4.72 Å². The predicted molar refractivity (Wildman–Crippen MR) is 82.0 cm³/mol. The summed E-state index contributed by atoms with van der Waals surface area (Å²) in [5, 5.41) is 0.367. The third-order valence-electron chi connectivity index (χ3n) is 2.95. The van der Waals surface area contributed by atoms with E-state index in [2.05, 4.69) is 4.72 Å². The molecule has 110 valence electrons. The van der Waals surface area contributed by atoms with Crippen LogP contribution in [0.25, 0.3) is 0 Å². The van der Waals surface area contributed by atoms with Crippen molar-refractivity contribution in [1.82, 2.24) is 4.72 Å². The summed E-state index contributed by atoms with van der Waals surface area (Å²) < 4.78 is 26.7. The van der Waals surface area contributed by atoms with Crippen LogP contribution in [0.15, 0.2) is 47.4 Å². The van der Waals surface area contributed by atoms with Gasteiger partial charge in [0.05, 0.1) is 4.90 Å². The average Bonchev–Trinajstić information content (AvgIpc) is 2.41. The van der Waals surface area contributed by atoms with Crippen molar-refractivity contribution in [2.45, 2.75) is 18.7 Å². The van der Waals surface area contributed by atoms with Gasteiger partial charge in [0.1, 0.15) is 0 Å². The van der Waals surface area contributed by atoms with E-state index in [1.165, 1.54) is 18.2 Å². The van der Waals surface area contributed by atoms with Crippen molar-refractivity contribution in [3.8, 4) is 0 Å². The minimum Gasteiger partial charge on any atom is -0.268 e. The first-order valence-corrected chi connectivity index (χ1v) is 8.06. The summed E-state index contributed by atoms with van der Waals surface area (Å²) in [6.45, 7) is 3.47. The molecule has 0 aliphatic rings. The Morgan fingerprint density at radius 1 is 1.10 bits per heavy atom. The molecular weight excluding hydrogens is 310 g/mol. The minimum absolute atomic E-state index is 0.0953. The lowest BCUT2D eigenvalue weighted by atomic mass is 10.2. The Balaban J connectivity index is 2.33. The van der Waals surface area contributed by atoms with Gasteiger partial charge in [-0.1, -0.05) is 29.8 Å². The summed E-state index contributed by atoms with van der Waals surface area (Å²) in [6.07, 6.45) is 0. The van der Waals surface area contributed by atoms with E-state index >= 15 is 0 Å². The molecule has 0 aliphatic heterocycles. The maximum absolute atomic E-state index is 12.3. The maximum Gasteiger partial charge on any atom is 0.265 e. The van der Waals surface area contributed by atoms with E-state index in [4.69, 9.17) is 11.6 Å². The normalized spacial score (nSPS) is 11.2. The standard InChI is InChI=1S/C15H14ClNO3S/c1-10-6-7-11(2)14(8-10)21(19,20)17-15(18)12-4-3-5-13(16)9-12/h3-9H,1-2H3,(H,17,18). The molecule has 0 bridgehead atoms. The minimum atomic E-state index is -3.92. The van der Waals surface area contributed by atoms with Gasteiger partial charge in [0, 0.05) is 10.6 Å². The number of hydrogen-bond acceptors (Lipinski definition) is 3. The Kier molecular flexibility index (Phi) is 4.34. The number of sulfonamides is 1. The summed E-state index contributed by atoms with van der Waals surface area (Å²) in [5.74, 6) is -0.710. The summed E-state index contributed by atoms with van der Waals surface area (Å²) in [4.78, 5) is 12.1. The van der Waals surface area contributed by atoms with Gasteiger partial charge in [0.25, 0.3) is 15.9 Å². The Bertz CT molecular complexity index is 800. The van der Waals surface area contributed by atoms with Crippen molar-refractivity contribution in [1.29, 1.82) is 0 Å². The largest absolute Gasteiger partial charge is 0.268 e. The summed E-state index contributed by atoms with van der Waals surface area (Å²) in [6, 6.07) is 11.2.